The summed E-state index contributed by atoms with van der Waals surface area (Å²) in [6, 6.07) is 6.16. The van der Waals surface area contributed by atoms with E-state index in [4.69, 9.17) is 5.26 Å². The van der Waals surface area contributed by atoms with Crippen molar-refractivity contribution in [3.63, 3.8) is 0 Å². The second-order valence-electron chi connectivity index (χ2n) is 2.44. The molecule has 0 fully saturated rings. The Morgan fingerprint density at radius 3 is 3.00 bits per heavy atom. The van der Waals surface area contributed by atoms with E-state index in [9.17, 15) is 9.50 Å². The molecule has 0 radical (unpaired) electrons. The molecule has 0 unspecified atom stereocenters. The number of aromatic hydroxyl groups is 1. The number of hydrogen-bond acceptors (Lipinski definition) is 2. The first-order valence-electron chi connectivity index (χ1n) is 3.76. The second kappa shape index (κ2) is 4.27. The van der Waals surface area contributed by atoms with Gasteiger partial charge in [0, 0.05) is 5.56 Å². The normalized spacial score (nSPS) is 10.2. The topological polar surface area (TPSA) is 44.0 Å². The first kappa shape index (κ1) is 9.27. The predicted molar refractivity (Wildman–Crippen MR) is 47.3 cm³/mol. The number of benzene rings is 1. The molecule has 0 heterocycles. The Bertz CT molecular complexity index is 366. The van der Waals surface area contributed by atoms with Gasteiger partial charge in [-0.25, -0.2) is 4.39 Å². The third-order valence-corrected chi connectivity index (χ3v) is 1.52. The lowest BCUT2D eigenvalue weighted by Crippen LogP contribution is -1.79. The van der Waals surface area contributed by atoms with Crippen molar-refractivity contribution in [2.24, 2.45) is 0 Å². The van der Waals surface area contributed by atoms with E-state index in [0.29, 0.717) is 5.56 Å². The fourth-order valence-electron chi connectivity index (χ4n) is 0.905. The molecule has 1 aromatic carbocycles. The van der Waals surface area contributed by atoms with E-state index in [1.165, 1.54) is 18.2 Å². The summed E-state index contributed by atoms with van der Waals surface area (Å²) < 4.78 is 12.7. The van der Waals surface area contributed by atoms with Crippen molar-refractivity contribution < 1.29 is 9.50 Å². The summed E-state index contributed by atoms with van der Waals surface area (Å²) in [7, 11) is 0. The van der Waals surface area contributed by atoms with Gasteiger partial charge in [0.15, 0.2) is 11.6 Å². The number of phenolic OH excluding ortho intramolecular Hbond substituents is 1. The molecule has 66 valence electrons. The molecular weight excluding hydrogens is 169 g/mol. The third-order valence-electron chi connectivity index (χ3n) is 1.52. The zero-order valence-corrected chi connectivity index (χ0v) is 6.87. The van der Waals surface area contributed by atoms with E-state index >= 15 is 0 Å². The summed E-state index contributed by atoms with van der Waals surface area (Å²) in [6.45, 7) is 0. The molecule has 0 aliphatic carbocycles. The van der Waals surface area contributed by atoms with Crippen molar-refractivity contribution in [3.8, 4) is 11.8 Å². The van der Waals surface area contributed by atoms with Gasteiger partial charge < -0.3 is 5.11 Å². The average molecular weight is 177 g/mol. The molecule has 0 aliphatic heterocycles. The van der Waals surface area contributed by atoms with Crippen LogP contribution < -0.4 is 0 Å². The van der Waals surface area contributed by atoms with Crippen LogP contribution in [-0.4, -0.2) is 5.11 Å². The lowest BCUT2D eigenvalue weighted by Gasteiger charge is -1.98. The number of hydrogen-bond donors (Lipinski definition) is 1. The predicted octanol–water partition coefficient (Wildman–Crippen LogP) is 2.46. The minimum Gasteiger partial charge on any atom is -0.504 e. The Kier molecular flexibility index (Phi) is 3.04. The summed E-state index contributed by atoms with van der Waals surface area (Å²) in [6.07, 6.45) is 3.33. The number of rotatable bonds is 2. The molecule has 0 saturated heterocycles. The molecule has 0 amide bonds. The third kappa shape index (κ3) is 2.31. The van der Waals surface area contributed by atoms with Crippen LogP contribution in [0.25, 0.3) is 6.08 Å². The Balaban J connectivity index is 2.90. The van der Waals surface area contributed by atoms with E-state index < -0.39 is 5.82 Å². The summed E-state index contributed by atoms with van der Waals surface area (Å²) in [5, 5.41) is 17.4. The fraction of sp³-hybridized carbons (Fsp3) is 0.100. The van der Waals surface area contributed by atoms with E-state index in [2.05, 4.69) is 0 Å². The highest BCUT2D eigenvalue weighted by Crippen LogP contribution is 2.21. The average Bonchev–Trinajstić information content (AvgIpc) is 2.13. The highest BCUT2D eigenvalue weighted by Gasteiger charge is 2.01. The van der Waals surface area contributed by atoms with Gasteiger partial charge in [0.05, 0.1) is 12.5 Å². The molecule has 3 heteroatoms. The first-order chi connectivity index (χ1) is 6.25. The van der Waals surface area contributed by atoms with E-state index in [0.717, 1.165) is 0 Å². The minimum absolute atomic E-state index is 0.246. The Morgan fingerprint density at radius 1 is 1.54 bits per heavy atom. The maximum Gasteiger partial charge on any atom is 0.165 e. The van der Waals surface area contributed by atoms with Gasteiger partial charge in [-0.05, 0) is 6.07 Å². The second-order valence-corrected chi connectivity index (χ2v) is 2.44. The number of nitriles is 1. The van der Waals surface area contributed by atoms with Gasteiger partial charge in [-0.2, -0.15) is 5.26 Å². The zero-order chi connectivity index (χ0) is 9.68. The van der Waals surface area contributed by atoms with Gasteiger partial charge in [0.1, 0.15) is 0 Å². The number of halogens is 1. The fourth-order valence-corrected chi connectivity index (χ4v) is 0.905. The molecular formula is C10H8FNO. The largest absolute Gasteiger partial charge is 0.504 e. The van der Waals surface area contributed by atoms with Gasteiger partial charge in [0.25, 0.3) is 0 Å². The Labute approximate surface area is 75.6 Å². The Hall–Kier alpha value is -1.82. The molecule has 0 aliphatic rings. The van der Waals surface area contributed by atoms with Crippen LogP contribution in [0.4, 0.5) is 4.39 Å². The van der Waals surface area contributed by atoms with Crippen LogP contribution in [0.15, 0.2) is 24.3 Å². The molecule has 1 aromatic rings. The number of phenols is 1. The Morgan fingerprint density at radius 2 is 2.31 bits per heavy atom. The molecule has 1 rings (SSSR count). The van der Waals surface area contributed by atoms with Crippen LogP contribution in [0.2, 0.25) is 0 Å². The van der Waals surface area contributed by atoms with Crippen LogP contribution in [0.5, 0.6) is 5.75 Å². The van der Waals surface area contributed by atoms with E-state index in [1.807, 2.05) is 6.07 Å². The van der Waals surface area contributed by atoms with Crippen molar-refractivity contribution in [1.29, 1.82) is 5.26 Å². The molecule has 0 aromatic heterocycles. The summed E-state index contributed by atoms with van der Waals surface area (Å²) in [5.41, 5.74) is 0.384. The standard InChI is InChI=1S/C10H8FNO/c11-9-6-3-5-8(10(9)13)4-1-2-7-12/h1,3-6,13H,2H2. The van der Waals surface area contributed by atoms with Crippen molar-refractivity contribution >= 4 is 6.08 Å². The lowest BCUT2D eigenvalue weighted by atomic mass is 10.1. The van der Waals surface area contributed by atoms with Crippen molar-refractivity contribution in [3.05, 3.63) is 35.7 Å². The number of allylic oxidation sites excluding steroid dienone is 1. The molecule has 13 heavy (non-hydrogen) atoms. The van der Waals surface area contributed by atoms with Gasteiger partial charge in [-0.3, -0.25) is 0 Å². The van der Waals surface area contributed by atoms with E-state index in [1.54, 1.807) is 12.1 Å². The van der Waals surface area contributed by atoms with Gasteiger partial charge >= 0.3 is 0 Å². The molecule has 0 bridgehead atoms. The zero-order valence-electron chi connectivity index (χ0n) is 6.87. The molecule has 2 nitrogen and oxygen atoms in total. The quantitative estimate of drug-likeness (QED) is 0.754. The lowest BCUT2D eigenvalue weighted by molar-refractivity contribution is 0.431. The SMILES string of the molecule is N#CCC=Cc1cccc(F)c1O. The maximum absolute atomic E-state index is 12.7. The van der Waals surface area contributed by atoms with Crippen LogP contribution in [-0.2, 0) is 0 Å². The highest BCUT2D eigenvalue weighted by atomic mass is 19.1. The number of nitrogens with zero attached hydrogens (tertiary/aromatic N) is 1. The van der Waals surface area contributed by atoms with Crippen LogP contribution in [0, 0.1) is 17.1 Å². The smallest absolute Gasteiger partial charge is 0.165 e. The van der Waals surface area contributed by atoms with Crippen molar-refractivity contribution in [2.45, 2.75) is 6.42 Å². The summed E-state index contributed by atoms with van der Waals surface area (Å²) >= 11 is 0. The molecule has 1 N–H and O–H groups in total. The number of para-hydroxylation sites is 1. The summed E-state index contributed by atoms with van der Waals surface area (Å²) in [5.74, 6) is -1.03. The molecule has 0 atom stereocenters. The molecule has 0 spiro atoms. The van der Waals surface area contributed by atoms with Crippen LogP contribution >= 0.6 is 0 Å². The monoisotopic (exact) mass is 177 g/mol. The summed E-state index contributed by atoms with van der Waals surface area (Å²) in [4.78, 5) is 0. The molecule has 0 saturated carbocycles. The van der Waals surface area contributed by atoms with Crippen molar-refractivity contribution in [2.75, 3.05) is 0 Å². The van der Waals surface area contributed by atoms with Gasteiger partial charge in [-0.15, -0.1) is 0 Å². The maximum atomic E-state index is 12.7. The van der Waals surface area contributed by atoms with Crippen molar-refractivity contribution in [1.82, 2.24) is 0 Å². The first-order valence-corrected chi connectivity index (χ1v) is 3.76. The van der Waals surface area contributed by atoms with Crippen LogP contribution in [0.3, 0.4) is 0 Å². The van der Waals surface area contributed by atoms with Gasteiger partial charge in [-0.1, -0.05) is 24.3 Å². The minimum atomic E-state index is -0.654. The highest BCUT2D eigenvalue weighted by molar-refractivity contribution is 5.57. The van der Waals surface area contributed by atoms with Crippen LogP contribution in [0.1, 0.15) is 12.0 Å². The van der Waals surface area contributed by atoms with Gasteiger partial charge in [0.2, 0.25) is 0 Å². The van der Waals surface area contributed by atoms with E-state index in [-0.39, 0.29) is 12.2 Å².